The van der Waals surface area contributed by atoms with Crippen LogP contribution in [0.1, 0.15) is 27.9 Å². The maximum Gasteiger partial charge on any atom is 0.345 e. The maximum absolute atomic E-state index is 12.2. The molecule has 1 rings (SSSR count). The van der Waals surface area contributed by atoms with E-state index in [9.17, 15) is 13.2 Å². The summed E-state index contributed by atoms with van der Waals surface area (Å²) in [6.45, 7) is 3.70. The second kappa shape index (κ2) is 6.47. The van der Waals surface area contributed by atoms with E-state index in [0.29, 0.717) is 11.3 Å². The van der Waals surface area contributed by atoms with Gasteiger partial charge in [-0.3, -0.25) is 0 Å². The lowest BCUT2D eigenvalue weighted by atomic mass is 10.3. The number of rotatable bonds is 7. The van der Waals surface area contributed by atoms with Gasteiger partial charge < -0.3 is 9.84 Å². The van der Waals surface area contributed by atoms with Gasteiger partial charge in [-0.2, -0.15) is 0 Å². The van der Waals surface area contributed by atoms with E-state index >= 15 is 0 Å². The number of carboxylic acid groups (broad SMARTS) is 1. The van der Waals surface area contributed by atoms with Crippen LogP contribution in [0.4, 0.5) is 0 Å². The molecule has 1 aromatic rings. The number of carbonyl (C=O) groups is 1. The molecule has 0 saturated heterocycles. The van der Waals surface area contributed by atoms with Crippen molar-refractivity contribution in [1.29, 1.82) is 0 Å². The molecule has 1 atom stereocenters. The Bertz CT molecular complexity index is 549. The number of hydrogen-bond acceptors (Lipinski definition) is 5. The van der Waals surface area contributed by atoms with Crippen molar-refractivity contribution >= 4 is 27.3 Å². The zero-order valence-electron chi connectivity index (χ0n) is 11.0. The lowest BCUT2D eigenvalue weighted by Gasteiger charge is -2.15. The maximum atomic E-state index is 12.2. The van der Waals surface area contributed by atoms with Crippen molar-refractivity contribution in [3.8, 4) is 0 Å². The molecule has 0 aromatic carbocycles. The summed E-state index contributed by atoms with van der Waals surface area (Å²) < 4.78 is 31.8. The Morgan fingerprint density at radius 1 is 1.58 bits per heavy atom. The minimum Gasteiger partial charge on any atom is -0.477 e. The van der Waals surface area contributed by atoms with Crippen LogP contribution in [0.15, 0.2) is 11.0 Å². The van der Waals surface area contributed by atoms with E-state index in [4.69, 9.17) is 9.84 Å². The standard InChI is InChI=1S/C11H17NO5S2/c1-4-8(6-17-3)12-19(15,16)10-5-9(11(13)14)18-7(10)2/h5,8,12H,4,6H2,1-3H3,(H,13,14). The molecule has 0 radical (unpaired) electrons. The molecule has 108 valence electrons. The molecule has 0 aliphatic rings. The van der Waals surface area contributed by atoms with Crippen molar-refractivity contribution in [3.63, 3.8) is 0 Å². The average Bonchev–Trinajstić information content (AvgIpc) is 2.71. The average molecular weight is 307 g/mol. The third-order valence-electron chi connectivity index (χ3n) is 2.55. The number of carboxylic acids is 1. The number of aromatic carboxylic acids is 1. The van der Waals surface area contributed by atoms with Crippen molar-refractivity contribution in [2.45, 2.75) is 31.2 Å². The van der Waals surface area contributed by atoms with Crippen LogP contribution >= 0.6 is 11.3 Å². The fourth-order valence-corrected chi connectivity index (χ4v) is 4.29. The summed E-state index contributed by atoms with van der Waals surface area (Å²) in [6, 6.07) is 0.854. The summed E-state index contributed by atoms with van der Waals surface area (Å²) in [5.74, 6) is -1.13. The largest absolute Gasteiger partial charge is 0.477 e. The van der Waals surface area contributed by atoms with Gasteiger partial charge >= 0.3 is 5.97 Å². The Morgan fingerprint density at radius 2 is 2.21 bits per heavy atom. The van der Waals surface area contributed by atoms with Crippen LogP contribution in [-0.4, -0.2) is 39.3 Å². The van der Waals surface area contributed by atoms with Crippen LogP contribution < -0.4 is 4.72 Å². The summed E-state index contributed by atoms with van der Waals surface area (Å²) in [7, 11) is -2.22. The molecule has 8 heteroatoms. The van der Waals surface area contributed by atoms with Crippen molar-refractivity contribution < 1.29 is 23.1 Å². The smallest absolute Gasteiger partial charge is 0.345 e. The van der Waals surface area contributed by atoms with E-state index in [-0.39, 0.29) is 22.4 Å². The normalized spacial score (nSPS) is 13.4. The fourth-order valence-electron chi connectivity index (χ4n) is 1.56. The van der Waals surface area contributed by atoms with Crippen molar-refractivity contribution in [2.75, 3.05) is 13.7 Å². The zero-order chi connectivity index (χ0) is 14.6. The molecule has 19 heavy (non-hydrogen) atoms. The van der Waals surface area contributed by atoms with Gasteiger partial charge in [0.05, 0.1) is 11.5 Å². The van der Waals surface area contributed by atoms with E-state index in [0.717, 1.165) is 11.3 Å². The van der Waals surface area contributed by atoms with Gasteiger partial charge in [-0.05, 0) is 19.4 Å². The monoisotopic (exact) mass is 307 g/mol. The number of methoxy groups -OCH3 is 1. The number of aryl methyl sites for hydroxylation is 1. The number of thiophene rings is 1. The Hall–Kier alpha value is -0.960. The SMILES string of the molecule is CCC(COC)NS(=O)(=O)c1cc(C(=O)O)sc1C. The van der Waals surface area contributed by atoms with Crippen LogP contribution in [0.5, 0.6) is 0 Å². The molecule has 0 spiro atoms. The topological polar surface area (TPSA) is 92.7 Å². The number of nitrogens with one attached hydrogen (secondary N) is 1. The van der Waals surface area contributed by atoms with Crippen LogP contribution in [0.3, 0.4) is 0 Å². The minimum atomic E-state index is -3.72. The molecule has 1 aromatic heterocycles. The van der Waals surface area contributed by atoms with Gasteiger partial charge in [0.1, 0.15) is 4.88 Å². The first-order chi connectivity index (χ1) is 8.81. The third-order valence-corrected chi connectivity index (χ3v) is 5.37. The number of sulfonamides is 1. The molecular formula is C11H17NO5S2. The number of hydrogen-bond donors (Lipinski definition) is 2. The van der Waals surface area contributed by atoms with Gasteiger partial charge in [0, 0.05) is 18.0 Å². The van der Waals surface area contributed by atoms with Crippen LogP contribution in [0.2, 0.25) is 0 Å². The third kappa shape index (κ3) is 4.00. The van der Waals surface area contributed by atoms with Crippen molar-refractivity contribution in [3.05, 3.63) is 15.8 Å². The lowest BCUT2D eigenvalue weighted by Crippen LogP contribution is -2.37. The molecule has 0 bridgehead atoms. The Morgan fingerprint density at radius 3 is 2.63 bits per heavy atom. The summed E-state index contributed by atoms with van der Waals surface area (Å²) in [5.41, 5.74) is 0. The molecule has 0 saturated carbocycles. The van der Waals surface area contributed by atoms with Crippen LogP contribution in [0.25, 0.3) is 0 Å². The summed E-state index contributed by atoms with van der Waals surface area (Å²) in [5, 5.41) is 8.88. The van der Waals surface area contributed by atoms with E-state index in [2.05, 4.69) is 4.72 Å². The van der Waals surface area contributed by atoms with Gasteiger partial charge in [-0.15, -0.1) is 11.3 Å². The van der Waals surface area contributed by atoms with Gasteiger partial charge in [-0.25, -0.2) is 17.9 Å². The highest BCUT2D eigenvalue weighted by Gasteiger charge is 2.24. The van der Waals surface area contributed by atoms with E-state index in [1.807, 2.05) is 6.92 Å². The fraction of sp³-hybridized carbons (Fsp3) is 0.545. The van der Waals surface area contributed by atoms with Gasteiger partial charge in [0.25, 0.3) is 0 Å². The lowest BCUT2D eigenvalue weighted by molar-refractivity contribution is 0.0702. The molecule has 0 fully saturated rings. The quantitative estimate of drug-likeness (QED) is 0.795. The van der Waals surface area contributed by atoms with Gasteiger partial charge in [-0.1, -0.05) is 6.92 Å². The first-order valence-corrected chi connectivity index (χ1v) is 7.96. The first kappa shape index (κ1) is 16.1. The Balaban J connectivity index is 3.03. The second-order valence-electron chi connectivity index (χ2n) is 4.02. The highest BCUT2D eigenvalue weighted by molar-refractivity contribution is 7.89. The second-order valence-corrected chi connectivity index (χ2v) is 6.96. The van der Waals surface area contributed by atoms with Crippen molar-refractivity contribution in [1.82, 2.24) is 4.72 Å². The minimum absolute atomic E-state index is 0.0117. The predicted molar refractivity (Wildman–Crippen MR) is 72.3 cm³/mol. The van der Waals surface area contributed by atoms with Crippen LogP contribution in [0, 0.1) is 6.92 Å². The molecule has 2 N–H and O–H groups in total. The molecule has 0 amide bonds. The van der Waals surface area contributed by atoms with E-state index in [1.165, 1.54) is 13.2 Å². The van der Waals surface area contributed by atoms with Crippen LogP contribution in [-0.2, 0) is 14.8 Å². The summed E-state index contributed by atoms with van der Waals surface area (Å²) in [6.07, 6.45) is 0.585. The van der Waals surface area contributed by atoms with Gasteiger partial charge in [0.2, 0.25) is 10.0 Å². The molecule has 6 nitrogen and oxygen atoms in total. The molecular weight excluding hydrogens is 290 g/mol. The van der Waals surface area contributed by atoms with Gasteiger partial charge in [0.15, 0.2) is 0 Å². The molecule has 0 aliphatic heterocycles. The molecule has 1 heterocycles. The van der Waals surface area contributed by atoms with E-state index < -0.39 is 16.0 Å². The Kier molecular flexibility index (Phi) is 5.48. The van der Waals surface area contributed by atoms with E-state index in [1.54, 1.807) is 6.92 Å². The predicted octanol–water partition coefficient (Wildman–Crippen LogP) is 1.46. The summed E-state index contributed by atoms with van der Waals surface area (Å²) >= 11 is 0.947. The van der Waals surface area contributed by atoms with Crippen molar-refractivity contribution in [2.24, 2.45) is 0 Å². The Labute approximate surface area is 116 Å². The zero-order valence-corrected chi connectivity index (χ0v) is 12.6. The first-order valence-electron chi connectivity index (χ1n) is 5.66. The highest BCUT2D eigenvalue weighted by Crippen LogP contribution is 2.25. The molecule has 0 aliphatic carbocycles. The molecule has 1 unspecified atom stereocenters. The highest BCUT2D eigenvalue weighted by atomic mass is 32.2. The number of ether oxygens (including phenoxy) is 1. The summed E-state index contributed by atoms with van der Waals surface area (Å²) in [4.78, 5) is 11.3.